The highest BCUT2D eigenvalue weighted by Crippen LogP contribution is 2.31. The SMILES string of the molecule is CN1CCC(Nc2ccc(C(=O)Nc3cc(-c4cccc5ccn(-c6ccncc6)c45)n[nH]3)cc2)CC1. The maximum absolute atomic E-state index is 12.9. The van der Waals surface area contributed by atoms with Crippen LogP contribution in [0.2, 0.25) is 0 Å². The van der Waals surface area contributed by atoms with Gasteiger partial charge in [-0.1, -0.05) is 18.2 Å². The Kier molecular flexibility index (Phi) is 6.16. The van der Waals surface area contributed by atoms with Gasteiger partial charge in [0.2, 0.25) is 0 Å². The average molecular weight is 492 g/mol. The molecule has 0 atom stereocenters. The van der Waals surface area contributed by atoms with Crippen molar-refractivity contribution in [2.24, 2.45) is 0 Å². The maximum Gasteiger partial charge on any atom is 0.256 e. The van der Waals surface area contributed by atoms with Crippen LogP contribution in [0.4, 0.5) is 11.5 Å². The number of hydrogen-bond acceptors (Lipinski definition) is 5. The molecular weight excluding hydrogens is 462 g/mol. The third-order valence-corrected chi connectivity index (χ3v) is 6.99. The number of fused-ring (bicyclic) bond motifs is 1. The Morgan fingerprint density at radius 2 is 1.78 bits per heavy atom. The lowest BCUT2D eigenvalue weighted by molar-refractivity contribution is 0.102. The lowest BCUT2D eigenvalue weighted by Crippen LogP contribution is -2.36. The van der Waals surface area contributed by atoms with Crippen molar-refractivity contribution in [3.05, 3.63) is 90.9 Å². The molecule has 3 aromatic heterocycles. The Morgan fingerprint density at radius 1 is 1.00 bits per heavy atom. The Balaban J connectivity index is 1.18. The molecule has 1 fully saturated rings. The van der Waals surface area contributed by atoms with Gasteiger partial charge in [0.05, 0.1) is 11.2 Å². The minimum atomic E-state index is -0.181. The number of nitrogens with zero attached hydrogens (tertiary/aromatic N) is 4. The van der Waals surface area contributed by atoms with Gasteiger partial charge in [-0.2, -0.15) is 5.10 Å². The number of para-hydroxylation sites is 1. The van der Waals surface area contributed by atoms with E-state index in [0.29, 0.717) is 17.4 Å². The molecule has 37 heavy (non-hydrogen) atoms. The zero-order chi connectivity index (χ0) is 25.2. The molecule has 186 valence electrons. The van der Waals surface area contributed by atoms with Crippen LogP contribution < -0.4 is 10.6 Å². The number of rotatable bonds is 6. The smallest absolute Gasteiger partial charge is 0.256 e. The van der Waals surface area contributed by atoms with E-state index in [1.165, 1.54) is 0 Å². The maximum atomic E-state index is 12.9. The van der Waals surface area contributed by atoms with Gasteiger partial charge in [0, 0.05) is 58.6 Å². The molecule has 1 saturated heterocycles. The highest BCUT2D eigenvalue weighted by atomic mass is 16.1. The molecule has 0 saturated carbocycles. The van der Waals surface area contributed by atoms with Crippen molar-refractivity contribution in [2.45, 2.75) is 18.9 Å². The van der Waals surface area contributed by atoms with Gasteiger partial charge in [-0.05, 0) is 75.4 Å². The molecule has 5 aromatic rings. The second-order valence-electron chi connectivity index (χ2n) is 9.55. The first kappa shape index (κ1) is 23.0. The largest absolute Gasteiger partial charge is 0.382 e. The van der Waals surface area contributed by atoms with E-state index >= 15 is 0 Å². The summed E-state index contributed by atoms with van der Waals surface area (Å²) in [6.45, 7) is 2.21. The van der Waals surface area contributed by atoms with E-state index in [0.717, 1.165) is 59.5 Å². The Hall–Kier alpha value is -4.43. The van der Waals surface area contributed by atoms with Crippen molar-refractivity contribution in [1.82, 2.24) is 24.6 Å². The minimum absolute atomic E-state index is 0.181. The van der Waals surface area contributed by atoms with Crippen LogP contribution in [-0.2, 0) is 0 Å². The number of benzene rings is 2. The van der Waals surface area contributed by atoms with Crippen LogP contribution in [0.15, 0.2) is 85.3 Å². The molecule has 0 spiro atoms. The van der Waals surface area contributed by atoms with Crippen molar-refractivity contribution in [2.75, 3.05) is 30.8 Å². The molecule has 1 aliphatic heterocycles. The van der Waals surface area contributed by atoms with Gasteiger partial charge in [0.1, 0.15) is 5.82 Å². The third-order valence-electron chi connectivity index (χ3n) is 6.99. The molecule has 0 aliphatic carbocycles. The summed E-state index contributed by atoms with van der Waals surface area (Å²) in [6, 6.07) is 22.2. The minimum Gasteiger partial charge on any atom is -0.382 e. The fraction of sp³-hybridized carbons (Fsp3) is 0.207. The monoisotopic (exact) mass is 491 g/mol. The van der Waals surface area contributed by atoms with Crippen LogP contribution in [0.25, 0.3) is 27.8 Å². The molecule has 2 aromatic carbocycles. The Labute approximate surface area is 215 Å². The van der Waals surface area contributed by atoms with Crippen LogP contribution in [0.3, 0.4) is 0 Å². The second kappa shape index (κ2) is 9.91. The van der Waals surface area contributed by atoms with Crippen molar-refractivity contribution >= 4 is 28.3 Å². The van der Waals surface area contributed by atoms with Gasteiger partial charge in [-0.3, -0.25) is 14.9 Å². The predicted octanol–water partition coefficient (Wildman–Crippen LogP) is 5.17. The number of likely N-dealkylation sites (tertiary alicyclic amines) is 1. The van der Waals surface area contributed by atoms with Gasteiger partial charge >= 0.3 is 0 Å². The summed E-state index contributed by atoms with van der Waals surface area (Å²) < 4.78 is 2.13. The fourth-order valence-corrected chi connectivity index (χ4v) is 4.95. The summed E-state index contributed by atoms with van der Waals surface area (Å²) in [7, 11) is 2.16. The molecule has 4 heterocycles. The normalized spacial score (nSPS) is 14.6. The van der Waals surface area contributed by atoms with Crippen molar-refractivity contribution in [3.63, 3.8) is 0 Å². The van der Waals surface area contributed by atoms with E-state index in [1.54, 1.807) is 12.4 Å². The van der Waals surface area contributed by atoms with Crippen LogP contribution in [0.5, 0.6) is 0 Å². The van der Waals surface area contributed by atoms with Crippen molar-refractivity contribution in [1.29, 1.82) is 0 Å². The van der Waals surface area contributed by atoms with E-state index in [9.17, 15) is 4.79 Å². The van der Waals surface area contributed by atoms with Crippen molar-refractivity contribution in [3.8, 4) is 16.9 Å². The number of carbonyl (C=O) groups excluding carboxylic acids is 1. The number of amides is 1. The molecule has 1 amide bonds. The Bertz CT molecular complexity index is 1510. The van der Waals surface area contributed by atoms with E-state index < -0.39 is 0 Å². The number of carbonyl (C=O) groups is 1. The summed E-state index contributed by atoms with van der Waals surface area (Å²) in [6.07, 6.45) is 7.86. The molecule has 0 unspecified atom stereocenters. The van der Waals surface area contributed by atoms with Crippen LogP contribution in [0, 0.1) is 0 Å². The number of piperidine rings is 1. The number of hydrogen-bond donors (Lipinski definition) is 3. The van der Waals surface area contributed by atoms with E-state index in [1.807, 2.05) is 60.8 Å². The first-order chi connectivity index (χ1) is 18.1. The van der Waals surface area contributed by atoms with Crippen LogP contribution >= 0.6 is 0 Å². The number of H-pyrrole nitrogens is 1. The van der Waals surface area contributed by atoms with Crippen molar-refractivity contribution < 1.29 is 4.79 Å². The molecular formula is C29H29N7O. The summed E-state index contributed by atoms with van der Waals surface area (Å²) in [5.74, 6) is 0.368. The zero-order valence-electron chi connectivity index (χ0n) is 20.7. The van der Waals surface area contributed by atoms with Crippen LogP contribution in [0.1, 0.15) is 23.2 Å². The fourth-order valence-electron chi connectivity index (χ4n) is 4.95. The van der Waals surface area contributed by atoms with Gasteiger partial charge in [-0.15, -0.1) is 0 Å². The number of aromatic nitrogens is 4. The van der Waals surface area contributed by atoms with E-state index in [-0.39, 0.29) is 5.91 Å². The summed E-state index contributed by atoms with van der Waals surface area (Å²) in [5.41, 5.74) is 5.44. The highest BCUT2D eigenvalue weighted by molar-refractivity contribution is 6.04. The molecule has 8 heteroatoms. The quantitative estimate of drug-likeness (QED) is 0.305. The third kappa shape index (κ3) is 4.83. The molecule has 0 radical (unpaired) electrons. The predicted molar refractivity (Wildman–Crippen MR) is 147 cm³/mol. The molecule has 3 N–H and O–H groups in total. The summed E-state index contributed by atoms with van der Waals surface area (Å²) >= 11 is 0. The lowest BCUT2D eigenvalue weighted by Gasteiger charge is -2.30. The summed E-state index contributed by atoms with van der Waals surface area (Å²) in [4.78, 5) is 19.4. The lowest BCUT2D eigenvalue weighted by atomic mass is 10.0. The number of pyridine rings is 1. The van der Waals surface area contributed by atoms with Gasteiger partial charge in [-0.25, -0.2) is 0 Å². The molecule has 0 bridgehead atoms. The molecule has 8 nitrogen and oxygen atoms in total. The first-order valence-electron chi connectivity index (χ1n) is 12.6. The molecule has 1 aliphatic rings. The molecule has 6 rings (SSSR count). The topological polar surface area (TPSA) is 90.9 Å². The second-order valence-corrected chi connectivity index (χ2v) is 9.55. The van der Waals surface area contributed by atoms with E-state index in [4.69, 9.17) is 0 Å². The highest BCUT2D eigenvalue weighted by Gasteiger charge is 2.17. The average Bonchev–Trinajstić information content (AvgIpc) is 3.58. The number of nitrogens with one attached hydrogen (secondary N) is 3. The van der Waals surface area contributed by atoms with Gasteiger partial charge in [0.15, 0.2) is 0 Å². The van der Waals surface area contributed by atoms with E-state index in [2.05, 4.69) is 54.5 Å². The number of aromatic amines is 1. The summed E-state index contributed by atoms with van der Waals surface area (Å²) in [5, 5.41) is 15.1. The zero-order valence-corrected chi connectivity index (χ0v) is 20.7. The standard InChI is InChI=1S/C29H29N7O/c1-35-16-12-23(13-17-35)31-22-7-5-21(6-8-22)29(37)32-27-19-26(33-34-27)25-4-2-3-20-11-18-36(28(20)25)24-9-14-30-15-10-24/h2-11,14-15,18-19,23,31H,12-13,16-17H2,1H3,(H2,32,33,34,37). The Morgan fingerprint density at radius 3 is 2.57 bits per heavy atom. The van der Waals surface area contributed by atoms with Gasteiger partial charge in [0.25, 0.3) is 5.91 Å². The first-order valence-corrected chi connectivity index (χ1v) is 12.6. The van der Waals surface area contributed by atoms with Crippen LogP contribution in [-0.4, -0.2) is 56.7 Å². The number of anilines is 2. The van der Waals surface area contributed by atoms with Gasteiger partial charge < -0.3 is 20.1 Å².